The third kappa shape index (κ3) is 2.95. The summed E-state index contributed by atoms with van der Waals surface area (Å²) in [6.45, 7) is 0.964. The van der Waals surface area contributed by atoms with E-state index in [0.717, 1.165) is 0 Å². The Labute approximate surface area is 129 Å². The molecule has 1 heterocycles. The molecule has 0 saturated heterocycles. The second-order valence-electron chi connectivity index (χ2n) is 4.48. The third-order valence-corrected chi connectivity index (χ3v) is 3.66. The highest BCUT2D eigenvalue weighted by Crippen LogP contribution is 2.35. The van der Waals surface area contributed by atoms with E-state index in [1.54, 1.807) is 24.3 Å². The number of rotatable bonds is 2. The minimum Gasteiger partial charge on any atom is -0.508 e. The fraction of sp³-hybridized carbons (Fsp3) is 0.133. The lowest BCUT2D eigenvalue weighted by Gasteiger charge is -2.19. The Morgan fingerprint density at radius 3 is 2.38 bits per heavy atom. The van der Waals surface area contributed by atoms with Crippen molar-refractivity contribution >= 4 is 27.5 Å². The molecule has 6 heteroatoms. The zero-order valence-electron chi connectivity index (χ0n) is 10.9. The molecule has 5 nitrogen and oxygen atoms in total. The molecule has 0 spiro atoms. The Balaban J connectivity index is 1.85. The van der Waals surface area contributed by atoms with Crippen molar-refractivity contribution in [3.63, 3.8) is 0 Å². The summed E-state index contributed by atoms with van der Waals surface area (Å²) in [6.07, 6.45) is 0. The van der Waals surface area contributed by atoms with Crippen LogP contribution < -0.4 is 14.8 Å². The number of halogens is 1. The Hall–Kier alpha value is -2.21. The number of benzene rings is 2. The van der Waals surface area contributed by atoms with E-state index in [-0.39, 0.29) is 11.7 Å². The van der Waals surface area contributed by atoms with E-state index in [1.165, 1.54) is 12.1 Å². The van der Waals surface area contributed by atoms with Crippen molar-refractivity contribution in [3.8, 4) is 17.2 Å². The lowest BCUT2D eigenvalue weighted by Crippen LogP contribution is -2.17. The minimum absolute atomic E-state index is 0.147. The Bertz CT molecular complexity index is 685. The van der Waals surface area contributed by atoms with Crippen LogP contribution in [0.2, 0.25) is 0 Å². The molecule has 1 aliphatic rings. The van der Waals surface area contributed by atoms with Crippen LogP contribution >= 0.6 is 15.9 Å². The van der Waals surface area contributed by atoms with Gasteiger partial charge in [-0.05, 0) is 52.3 Å². The summed E-state index contributed by atoms with van der Waals surface area (Å²) in [5.74, 6) is 1.05. The van der Waals surface area contributed by atoms with E-state index in [0.29, 0.717) is 40.4 Å². The number of carbonyl (C=O) groups is 1. The summed E-state index contributed by atoms with van der Waals surface area (Å²) in [6, 6.07) is 9.63. The number of fused-ring (bicyclic) bond motifs is 1. The topological polar surface area (TPSA) is 67.8 Å². The monoisotopic (exact) mass is 349 g/mol. The molecule has 2 aromatic carbocycles. The quantitative estimate of drug-likeness (QED) is 0.817. The van der Waals surface area contributed by atoms with Crippen LogP contribution in [0.4, 0.5) is 5.69 Å². The van der Waals surface area contributed by atoms with E-state index in [2.05, 4.69) is 21.2 Å². The molecule has 2 N–H and O–H groups in total. The number of aromatic hydroxyl groups is 1. The first-order valence-electron chi connectivity index (χ1n) is 6.33. The van der Waals surface area contributed by atoms with E-state index in [4.69, 9.17) is 9.47 Å². The number of phenols is 1. The fourth-order valence-electron chi connectivity index (χ4n) is 1.98. The van der Waals surface area contributed by atoms with Gasteiger partial charge in [0.25, 0.3) is 5.91 Å². The number of amides is 1. The van der Waals surface area contributed by atoms with Gasteiger partial charge in [0, 0.05) is 10.2 Å². The van der Waals surface area contributed by atoms with Gasteiger partial charge in [0.2, 0.25) is 0 Å². The molecule has 0 atom stereocenters. The summed E-state index contributed by atoms with van der Waals surface area (Å²) >= 11 is 3.36. The first-order valence-corrected chi connectivity index (χ1v) is 7.12. The minimum atomic E-state index is -0.274. The first kappa shape index (κ1) is 13.8. The van der Waals surface area contributed by atoms with Gasteiger partial charge in [0.1, 0.15) is 19.0 Å². The predicted octanol–water partition coefficient (Wildman–Crippen LogP) is 3.18. The normalized spacial score (nSPS) is 12.8. The van der Waals surface area contributed by atoms with Crippen LogP contribution in [0.25, 0.3) is 0 Å². The van der Waals surface area contributed by atoms with Crippen molar-refractivity contribution in [1.29, 1.82) is 0 Å². The fourth-order valence-corrected chi connectivity index (χ4v) is 2.48. The van der Waals surface area contributed by atoms with Crippen molar-refractivity contribution in [3.05, 3.63) is 46.4 Å². The van der Waals surface area contributed by atoms with Crippen LogP contribution in [0.15, 0.2) is 40.9 Å². The average molecular weight is 350 g/mol. The molecule has 21 heavy (non-hydrogen) atoms. The maximum atomic E-state index is 12.3. The van der Waals surface area contributed by atoms with Crippen LogP contribution in [0, 0.1) is 0 Å². The first-order chi connectivity index (χ1) is 10.1. The van der Waals surface area contributed by atoms with Crippen molar-refractivity contribution in [2.45, 2.75) is 0 Å². The van der Waals surface area contributed by atoms with Gasteiger partial charge >= 0.3 is 0 Å². The second kappa shape index (κ2) is 5.65. The number of nitrogens with one attached hydrogen (secondary N) is 1. The smallest absolute Gasteiger partial charge is 0.256 e. The van der Waals surface area contributed by atoms with Gasteiger partial charge in [-0.15, -0.1) is 0 Å². The van der Waals surface area contributed by atoms with Crippen molar-refractivity contribution in [2.24, 2.45) is 0 Å². The molecule has 0 unspecified atom stereocenters. The molecule has 1 amide bonds. The molecule has 0 saturated carbocycles. The molecule has 3 rings (SSSR count). The van der Waals surface area contributed by atoms with E-state index in [9.17, 15) is 9.90 Å². The van der Waals surface area contributed by atoms with Gasteiger partial charge in [0.05, 0.1) is 5.56 Å². The van der Waals surface area contributed by atoms with Gasteiger partial charge in [-0.3, -0.25) is 4.79 Å². The zero-order chi connectivity index (χ0) is 14.8. The maximum Gasteiger partial charge on any atom is 0.256 e. The summed E-state index contributed by atoms with van der Waals surface area (Å²) < 4.78 is 11.6. The highest BCUT2D eigenvalue weighted by molar-refractivity contribution is 9.10. The Kier molecular flexibility index (Phi) is 3.70. The molecule has 108 valence electrons. The van der Waals surface area contributed by atoms with Crippen molar-refractivity contribution in [2.75, 3.05) is 18.5 Å². The molecular weight excluding hydrogens is 338 g/mol. The summed E-state index contributed by atoms with van der Waals surface area (Å²) in [4.78, 5) is 12.3. The largest absolute Gasteiger partial charge is 0.508 e. The molecule has 0 aliphatic carbocycles. The number of carbonyl (C=O) groups excluding carboxylic acids is 1. The molecule has 0 radical (unpaired) electrons. The van der Waals surface area contributed by atoms with Crippen molar-refractivity contribution in [1.82, 2.24) is 0 Å². The SMILES string of the molecule is O=C(Nc1ccc(O)cc1)c1cc2c(cc1Br)OCCO2. The molecule has 0 bridgehead atoms. The number of ether oxygens (including phenoxy) is 2. The van der Waals surface area contributed by atoms with Gasteiger partial charge in [-0.2, -0.15) is 0 Å². The molecular formula is C15H12BrNO4. The summed E-state index contributed by atoms with van der Waals surface area (Å²) in [5.41, 5.74) is 1.05. The second-order valence-corrected chi connectivity index (χ2v) is 5.33. The van der Waals surface area contributed by atoms with Gasteiger partial charge in [-0.1, -0.05) is 0 Å². The van der Waals surface area contributed by atoms with E-state index < -0.39 is 0 Å². The molecule has 1 aliphatic heterocycles. The number of anilines is 1. The Morgan fingerprint density at radius 1 is 1.10 bits per heavy atom. The van der Waals surface area contributed by atoms with E-state index in [1.807, 2.05) is 0 Å². The highest BCUT2D eigenvalue weighted by Gasteiger charge is 2.18. The standard InChI is InChI=1S/C15H12BrNO4/c16-12-8-14-13(20-5-6-21-14)7-11(12)15(19)17-9-1-3-10(18)4-2-9/h1-4,7-8,18H,5-6H2,(H,17,19). The number of hydrogen-bond donors (Lipinski definition) is 2. The Morgan fingerprint density at radius 2 is 1.71 bits per heavy atom. The third-order valence-electron chi connectivity index (χ3n) is 3.00. The lowest BCUT2D eigenvalue weighted by atomic mass is 10.1. The van der Waals surface area contributed by atoms with Gasteiger partial charge in [0.15, 0.2) is 11.5 Å². The molecule has 0 aromatic heterocycles. The summed E-state index contributed by atoms with van der Waals surface area (Å²) in [7, 11) is 0. The predicted molar refractivity (Wildman–Crippen MR) is 81.2 cm³/mol. The highest BCUT2D eigenvalue weighted by atomic mass is 79.9. The molecule has 2 aromatic rings. The van der Waals surface area contributed by atoms with Crippen molar-refractivity contribution < 1.29 is 19.4 Å². The van der Waals surface area contributed by atoms with E-state index >= 15 is 0 Å². The maximum absolute atomic E-state index is 12.3. The number of phenolic OH excluding ortho intramolecular Hbond substituents is 1. The zero-order valence-corrected chi connectivity index (χ0v) is 12.5. The van der Waals surface area contributed by atoms with Crippen LogP contribution in [-0.4, -0.2) is 24.2 Å². The molecule has 0 fully saturated rings. The lowest BCUT2D eigenvalue weighted by molar-refractivity contribution is 0.102. The van der Waals surface area contributed by atoms with Crippen LogP contribution in [0.5, 0.6) is 17.2 Å². The average Bonchev–Trinajstić information content (AvgIpc) is 2.49. The van der Waals surface area contributed by atoms with Gasteiger partial charge in [-0.25, -0.2) is 0 Å². The van der Waals surface area contributed by atoms with Crippen LogP contribution in [0.1, 0.15) is 10.4 Å². The summed E-state index contributed by atoms with van der Waals surface area (Å²) in [5, 5.41) is 12.0. The van der Waals surface area contributed by atoms with Crippen LogP contribution in [0.3, 0.4) is 0 Å². The van der Waals surface area contributed by atoms with Crippen LogP contribution in [-0.2, 0) is 0 Å². The van der Waals surface area contributed by atoms with Gasteiger partial charge < -0.3 is 19.9 Å². The number of hydrogen-bond acceptors (Lipinski definition) is 4.